The van der Waals surface area contributed by atoms with E-state index in [4.69, 9.17) is 0 Å². The van der Waals surface area contributed by atoms with E-state index in [2.05, 4.69) is 4.98 Å². The minimum atomic E-state index is -0.0220. The molecule has 0 saturated carbocycles. The van der Waals surface area contributed by atoms with Crippen molar-refractivity contribution in [1.82, 2.24) is 9.38 Å². The van der Waals surface area contributed by atoms with Gasteiger partial charge in [-0.15, -0.1) is 36.2 Å². The summed E-state index contributed by atoms with van der Waals surface area (Å²) in [7, 11) is 0. The molecule has 0 aliphatic heterocycles. The highest BCUT2D eigenvalue weighted by molar-refractivity contribution is 7.15. The first-order chi connectivity index (χ1) is 4.88. The molecule has 0 radical (unpaired) electrons. The number of hydrogen-bond acceptors (Lipinski definition) is 3. The van der Waals surface area contributed by atoms with Gasteiger partial charge in [0.15, 0.2) is 4.96 Å². The summed E-state index contributed by atoms with van der Waals surface area (Å²) in [5.41, 5.74) is -0.0220. The number of nitrogens with zero attached hydrogens (tertiary/aromatic N) is 2. The quantitative estimate of drug-likeness (QED) is 0.682. The molecule has 2 heterocycles. The predicted octanol–water partition coefficient (Wildman–Crippen LogP) is 1.60. The van der Waals surface area contributed by atoms with Gasteiger partial charge in [0, 0.05) is 23.8 Å². The van der Waals surface area contributed by atoms with Crippen LogP contribution in [0.4, 0.5) is 0 Å². The van der Waals surface area contributed by atoms with E-state index in [9.17, 15) is 4.79 Å². The fourth-order valence-electron chi connectivity index (χ4n) is 0.778. The lowest BCUT2D eigenvalue weighted by atomic mass is 10.6. The smallest absolute Gasteiger partial charge is 0.258 e. The molecule has 0 aliphatic carbocycles. The van der Waals surface area contributed by atoms with E-state index < -0.39 is 0 Å². The maximum Gasteiger partial charge on any atom is 0.258 e. The van der Waals surface area contributed by atoms with Crippen LogP contribution in [0.5, 0.6) is 0 Å². The Bertz CT molecular complexity index is 411. The second-order valence-corrected chi connectivity index (χ2v) is 2.71. The van der Waals surface area contributed by atoms with Gasteiger partial charge in [-0.1, -0.05) is 0 Å². The number of halogens is 2. The van der Waals surface area contributed by atoms with Crippen molar-refractivity contribution in [2.45, 2.75) is 0 Å². The highest BCUT2D eigenvalue weighted by Gasteiger charge is 1.93. The monoisotopic (exact) mass is 224 g/mol. The highest BCUT2D eigenvalue weighted by atomic mass is 35.5. The zero-order valence-corrected chi connectivity index (χ0v) is 8.29. The molecule has 0 aliphatic rings. The predicted molar refractivity (Wildman–Crippen MR) is 53.8 cm³/mol. The largest absolute Gasteiger partial charge is 0.269 e. The standard InChI is InChI=1S/C6H4N2OS.2ClH/c9-5-1-2-7-6-8(5)3-4-10-6;;/h1-4H;2*1H. The minimum absolute atomic E-state index is 0. The maximum absolute atomic E-state index is 11.0. The third-order valence-electron chi connectivity index (χ3n) is 1.23. The SMILES string of the molecule is Cl.Cl.O=c1ccnc2sccn12. The third-order valence-corrected chi connectivity index (χ3v) is 2.00. The van der Waals surface area contributed by atoms with Gasteiger partial charge in [0.25, 0.3) is 5.56 Å². The van der Waals surface area contributed by atoms with E-state index in [0.717, 1.165) is 4.96 Å². The second kappa shape index (κ2) is 4.45. The van der Waals surface area contributed by atoms with E-state index in [1.165, 1.54) is 28.0 Å². The fourth-order valence-corrected chi connectivity index (χ4v) is 1.47. The van der Waals surface area contributed by atoms with Crippen LogP contribution in [0.1, 0.15) is 0 Å². The number of thiazole rings is 1. The van der Waals surface area contributed by atoms with Crippen molar-refractivity contribution in [2.24, 2.45) is 0 Å². The van der Waals surface area contributed by atoms with Crippen molar-refractivity contribution in [3.63, 3.8) is 0 Å². The van der Waals surface area contributed by atoms with Gasteiger partial charge in [-0.2, -0.15) is 0 Å². The maximum atomic E-state index is 11.0. The van der Waals surface area contributed by atoms with Gasteiger partial charge < -0.3 is 0 Å². The van der Waals surface area contributed by atoms with E-state index in [-0.39, 0.29) is 30.4 Å². The van der Waals surface area contributed by atoms with Crippen LogP contribution < -0.4 is 5.56 Å². The molecule has 0 spiro atoms. The lowest BCUT2D eigenvalue weighted by Gasteiger charge is -1.85. The number of fused-ring (bicyclic) bond motifs is 1. The van der Waals surface area contributed by atoms with Crippen molar-refractivity contribution in [2.75, 3.05) is 0 Å². The number of aromatic nitrogens is 2. The van der Waals surface area contributed by atoms with E-state index in [1.807, 2.05) is 5.38 Å². The van der Waals surface area contributed by atoms with Gasteiger partial charge in [-0.25, -0.2) is 4.98 Å². The highest BCUT2D eigenvalue weighted by Crippen LogP contribution is 2.02. The molecule has 2 aromatic rings. The molecule has 0 bridgehead atoms. The van der Waals surface area contributed by atoms with Gasteiger partial charge in [0.05, 0.1) is 0 Å². The van der Waals surface area contributed by atoms with Gasteiger partial charge in [-0.05, 0) is 0 Å². The molecule has 66 valence electrons. The number of rotatable bonds is 0. The zero-order valence-electron chi connectivity index (χ0n) is 5.84. The molecule has 0 atom stereocenters. The van der Waals surface area contributed by atoms with Crippen LogP contribution in [-0.4, -0.2) is 9.38 Å². The molecule has 6 heteroatoms. The van der Waals surface area contributed by atoms with Crippen molar-refractivity contribution >= 4 is 41.1 Å². The zero-order chi connectivity index (χ0) is 6.97. The first-order valence-corrected chi connectivity index (χ1v) is 3.67. The summed E-state index contributed by atoms with van der Waals surface area (Å²) < 4.78 is 1.52. The average molecular weight is 225 g/mol. The van der Waals surface area contributed by atoms with Crippen LogP contribution in [0.2, 0.25) is 0 Å². The molecule has 2 aromatic heterocycles. The Balaban J connectivity index is 0.000000605. The first kappa shape index (κ1) is 11.4. The van der Waals surface area contributed by atoms with Crippen LogP contribution in [0.3, 0.4) is 0 Å². The van der Waals surface area contributed by atoms with Crippen LogP contribution in [0.15, 0.2) is 28.6 Å². The summed E-state index contributed by atoms with van der Waals surface area (Å²) in [6.07, 6.45) is 3.24. The Morgan fingerprint density at radius 1 is 1.42 bits per heavy atom. The molecule has 12 heavy (non-hydrogen) atoms. The lowest BCUT2D eigenvalue weighted by molar-refractivity contribution is 1.08. The van der Waals surface area contributed by atoms with Crippen LogP contribution in [-0.2, 0) is 0 Å². The summed E-state index contributed by atoms with van der Waals surface area (Å²) in [6, 6.07) is 1.44. The topological polar surface area (TPSA) is 34.4 Å². The van der Waals surface area contributed by atoms with Gasteiger partial charge >= 0.3 is 0 Å². The Morgan fingerprint density at radius 3 is 2.83 bits per heavy atom. The summed E-state index contributed by atoms with van der Waals surface area (Å²) in [4.78, 5) is 15.7. The first-order valence-electron chi connectivity index (χ1n) is 2.79. The molecule has 0 N–H and O–H groups in total. The third kappa shape index (κ3) is 1.77. The molecular formula is C6H6Cl2N2OS. The van der Waals surface area contributed by atoms with Crippen molar-refractivity contribution < 1.29 is 0 Å². The molecular weight excluding hydrogens is 219 g/mol. The van der Waals surface area contributed by atoms with Crippen molar-refractivity contribution in [3.05, 3.63) is 34.2 Å². The number of hydrogen-bond donors (Lipinski definition) is 0. The van der Waals surface area contributed by atoms with E-state index >= 15 is 0 Å². The van der Waals surface area contributed by atoms with Crippen LogP contribution >= 0.6 is 36.2 Å². The Hall–Kier alpha value is -0.580. The molecule has 2 rings (SSSR count). The van der Waals surface area contributed by atoms with Gasteiger partial charge in [0.2, 0.25) is 0 Å². The summed E-state index contributed by atoms with van der Waals surface area (Å²) in [5, 5.41) is 1.84. The van der Waals surface area contributed by atoms with Crippen molar-refractivity contribution in [3.8, 4) is 0 Å². The molecule has 3 nitrogen and oxygen atoms in total. The Kier molecular flexibility index (Phi) is 4.23. The van der Waals surface area contributed by atoms with Crippen molar-refractivity contribution in [1.29, 1.82) is 0 Å². The Morgan fingerprint density at radius 2 is 2.17 bits per heavy atom. The second-order valence-electron chi connectivity index (χ2n) is 1.84. The summed E-state index contributed by atoms with van der Waals surface area (Å²) >= 11 is 1.45. The lowest BCUT2D eigenvalue weighted by Crippen LogP contribution is -2.09. The van der Waals surface area contributed by atoms with E-state index in [1.54, 1.807) is 6.20 Å². The molecule has 0 aromatic carbocycles. The van der Waals surface area contributed by atoms with Gasteiger partial charge in [0.1, 0.15) is 0 Å². The summed E-state index contributed by atoms with van der Waals surface area (Å²) in [6.45, 7) is 0. The average Bonchev–Trinajstić information content (AvgIpc) is 2.36. The molecule has 0 unspecified atom stereocenters. The summed E-state index contributed by atoms with van der Waals surface area (Å²) in [5.74, 6) is 0. The fraction of sp³-hybridized carbons (Fsp3) is 0. The van der Waals surface area contributed by atoms with Crippen LogP contribution in [0, 0.1) is 0 Å². The minimum Gasteiger partial charge on any atom is -0.269 e. The molecule has 0 fully saturated rings. The van der Waals surface area contributed by atoms with Gasteiger partial charge in [-0.3, -0.25) is 9.20 Å². The van der Waals surface area contributed by atoms with E-state index in [0.29, 0.717) is 0 Å². The normalized spacial score (nSPS) is 8.67. The van der Waals surface area contributed by atoms with Crippen LogP contribution in [0.25, 0.3) is 4.96 Å². The molecule has 0 amide bonds. The molecule has 0 saturated heterocycles. The Labute approximate surface area is 84.9 Å².